The second kappa shape index (κ2) is 7.51. The average Bonchev–Trinajstić information content (AvgIpc) is 2.51. The molecule has 1 unspecified atom stereocenters. The van der Waals surface area contributed by atoms with Crippen LogP contribution in [0.3, 0.4) is 0 Å². The SMILES string of the molecule is CC(C)(CCC1CN(c2ccc(C(F)(F)F)cc2)CCO1)OC(N)=O. The number of nitrogens with two attached hydrogens (primary N) is 1. The number of ether oxygens (including phenoxy) is 2. The number of carbonyl (C=O) groups excluding carboxylic acids is 1. The minimum Gasteiger partial charge on any atom is -0.444 e. The van der Waals surface area contributed by atoms with Crippen LogP contribution in [-0.4, -0.2) is 37.5 Å². The van der Waals surface area contributed by atoms with Crippen LogP contribution >= 0.6 is 0 Å². The number of amides is 1. The van der Waals surface area contributed by atoms with Crippen LogP contribution in [0.15, 0.2) is 24.3 Å². The number of nitrogens with zero attached hydrogens (tertiary/aromatic N) is 1. The Bertz CT molecular complexity index is 588. The third-order valence-corrected chi connectivity index (χ3v) is 4.14. The van der Waals surface area contributed by atoms with E-state index in [1.807, 2.05) is 4.90 Å². The molecular weight excluding hydrogens is 337 g/mol. The van der Waals surface area contributed by atoms with Gasteiger partial charge in [0.25, 0.3) is 0 Å². The summed E-state index contributed by atoms with van der Waals surface area (Å²) < 4.78 is 48.7. The maximum Gasteiger partial charge on any atom is 0.416 e. The summed E-state index contributed by atoms with van der Waals surface area (Å²) >= 11 is 0. The highest BCUT2D eigenvalue weighted by Crippen LogP contribution is 2.31. The molecule has 1 aromatic carbocycles. The molecule has 1 aromatic rings. The van der Waals surface area contributed by atoms with Gasteiger partial charge in [0.1, 0.15) is 5.60 Å². The van der Waals surface area contributed by atoms with Crippen LogP contribution in [0.2, 0.25) is 0 Å². The molecule has 0 radical (unpaired) electrons. The lowest BCUT2D eigenvalue weighted by molar-refractivity contribution is -0.137. The average molecular weight is 360 g/mol. The second-order valence-corrected chi connectivity index (χ2v) is 6.70. The van der Waals surface area contributed by atoms with Crippen molar-refractivity contribution in [2.45, 2.75) is 44.6 Å². The van der Waals surface area contributed by atoms with Crippen LogP contribution in [-0.2, 0) is 15.7 Å². The molecule has 1 fully saturated rings. The molecule has 8 heteroatoms. The minimum absolute atomic E-state index is 0.0909. The van der Waals surface area contributed by atoms with Gasteiger partial charge in [-0.1, -0.05) is 0 Å². The summed E-state index contributed by atoms with van der Waals surface area (Å²) in [4.78, 5) is 12.9. The van der Waals surface area contributed by atoms with Crippen LogP contribution < -0.4 is 10.6 Å². The number of hydrogen-bond donors (Lipinski definition) is 1. The lowest BCUT2D eigenvalue weighted by Gasteiger charge is -2.36. The molecule has 0 aliphatic carbocycles. The highest BCUT2D eigenvalue weighted by atomic mass is 19.4. The Balaban J connectivity index is 1.93. The van der Waals surface area contributed by atoms with Crippen molar-refractivity contribution in [3.63, 3.8) is 0 Å². The van der Waals surface area contributed by atoms with Crippen molar-refractivity contribution in [1.29, 1.82) is 0 Å². The topological polar surface area (TPSA) is 64.8 Å². The van der Waals surface area contributed by atoms with E-state index in [-0.39, 0.29) is 6.10 Å². The molecule has 2 rings (SSSR count). The fourth-order valence-electron chi connectivity index (χ4n) is 2.82. The van der Waals surface area contributed by atoms with Crippen LogP contribution in [0, 0.1) is 0 Å². The maximum atomic E-state index is 12.6. The molecule has 1 heterocycles. The van der Waals surface area contributed by atoms with Gasteiger partial charge in [0.05, 0.1) is 18.3 Å². The first kappa shape index (κ1) is 19.4. The van der Waals surface area contributed by atoms with E-state index < -0.39 is 23.4 Å². The van der Waals surface area contributed by atoms with E-state index in [1.165, 1.54) is 12.1 Å². The predicted octanol–water partition coefficient (Wildman–Crippen LogP) is 3.56. The normalized spacial score (nSPS) is 18.9. The Morgan fingerprint density at radius 3 is 2.52 bits per heavy atom. The van der Waals surface area contributed by atoms with Crippen LogP contribution in [0.4, 0.5) is 23.7 Å². The first-order valence-corrected chi connectivity index (χ1v) is 8.09. The highest BCUT2D eigenvalue weighted by Gasteiger charge is 2.31. The lowest BCUT2D eigenvalue weighted by Crippen LogP contribution is -2.43. The molecule has 5 nitrogen and oxygen atoms in total. The zero-order chi connectivity index (χ0) is 18.7. The molecule has 2 N–H and O–H groups in total. The molecule has 1 aliphatic rings. The minimum atomic E-state index is -4.34. The summed E-state index contributed by atoms with van der Waals surface area (Å²) in [6, 6.07) is 5.13. The van der Waals surface area contributed by atoms with Crippen molar-refractivity contribution in [3.8, 4) is 0 Å². The molecule has 1 aliphatic heterocycles. The summed E-state index contributed by atoms with van der Waals surface area (Å²) in [6.45, 7) is 5.21. The van der Waals surface area contributed by atoms with Gasteiger partial charge in [0.2, 0.25) is 0 Å². The van der Waals surface area contributed by atoms with Gasteiger partial charge in [0.15, 0.2) is 0 Å². The number of primary amides is 1. The van der Waals surface area contributed by atoms with Crippen molar-refractivity contribution in [2.75, 3.05) is 24.6 Å². The molecule has 25 heavy (non-hydrogen) atoms. The van der Waals surface area contributed by atoms with E-state index in [0.29, 0.717) is 32.5 Å². The lowest BCUT2D eigenvalue weighted by atomic mass is 9.99. The van der Waals surface area contributed by atoms with Crippen molar-refractivity contribution in [3.05, 3.63) is 29.8 Å². The van der Waals surface area contributed by atoms with Gasteiger partial charge in [-0.05, 0) is 51.0 Å². The molecular formula is C17H23F3N2O3. The van der Waals surface area contributed by atoms with Crippen molar-refractivity contribution >= 4 is 11.8 Å². The molecule has 0 aromatic heterocycles. The van der Waals surface area contributed by atoms with E-state index in [2.05, 4.69) is 0 Å². The Hall–Kier alpha value is -1.96. The molecule has 0 spiro atoms. The number of carbonyl (C=O) groups is 1. The molecule has 0 bridgehead atoms. The number of hydrogen-bond acceptors (Lipinski definition) is 4. The molecule has 0 saturated carbocycles. The second-order valence-electron chi connectivity index (χ2n) is 6.70. The van der Waals surface area contributed by atoms with Gasteiger partial charge in [-0.25, -0.2) is 4.79 Å². The number of halogens is 3. The molecule has 140 valence electrons. The van der Waals surface area contributed by atoms with Crippen LogP contribution in [0.5, 0.6) is 0 Å². The van der Waals surface area contributed by atoms with Crippen molar-refractivity contribution in [2.24, 2.45) is 5.73 Å². The van der Waals surface area contributed by atoms with Gasteiger partial charge in [-0.15, -0.1) is 0 Å². The first-order valence-electron chi connectivity index (χ1n) is 8.09. The Morgan fingerprint density at radius 2 is 1.96 bits per heavy atom. The smallest absolute Gasteiger partial charge is 0.416 e. The quantitative estimate of drug-likeness (QED) is 0.872. The molecule has 1 atom stereocenters. The summed E-state index contributed by atoms with van der Waals surface area (Å²) in [6.07, 6.45) is -4.02. The largest absolute Gasteiger partial charge is 0.444 e. The highest BCUT2D eigenvalue weighted by molar-refractivity contribution is 5.65. The number of anilines is 1. The summed E-state index contributed by atoms with van der Waals surface area (Å²) in [5.74, 6) is 0. The molecule has 1 saturated heterocycles. The van der Waals surface area contributed by atoms with E-state index in [4.69, 9.17) is 15.2 Å². The monoisotopic (exact) mass is 360 g/mol. The summed E-state index contributed by atoms with van der Waals surface area (Å²) in [7, 11) is 0. The Labute approximate surface area is 144 Å². The molecule has 1 amide bonds. The van der Waals surface area contributed by atoms with Crippen molar-refractivity contribution < 1.29 is 27.4 Å². The van der Waals surface area contributed by atoms with E-state index >= 15 is 0 Å². The maximum absolute atomic E-state index is 12.6. The number of benzene rings is 1. The first-order chi connectivity index (χ1) is 11.6. The fraction of sp³-hybridized carbons (Fsp3) is 0.588. The Morgan fingerprint density at radius 1 is 1.32 bits per heavy atom. The number of rotatable bonds is 5. The fourth-order valence-corrected chi connectivity index (χ4v) is 2.82. The van der Waals surface area contributed by atoms with Gasteiger partial charge in [-0.2, -0.15) is 13.2 Å². The van der Waals surface area contributed by atoms with Gasteiger partial charge in [0, 0.05) is 18.8 Å². The zero-order valence-electron chi connectivity index (χ0n) is 14.3. The van der Waals surface area contributed by atoms with E-state index in [1.54, 1.807) is 13.8 Å². The van der Waals surface area contributed by atoms with E-state index in [0.717, 1.165) is 17.8 Å². The van der Waals surface area contributed by atoms with Gasteiger partial charge >= 0.3 is 12.3 Å². The van der Waals surface area contributed by atoms with Crippen LogP contribution in [0.1, 0.15) is 32.3 Å². The van der Waals surface area contributed by atoms with Gasteiger partial charge in [-0.3, -0.25) is 0 Å². The Kier molecular flexibility index (Phi) is 5.82. The van der Waals surface area contributed by atoms with Crippen molar-refractivity contribution in [1.82, 2.24) is 0 Å². The summed E-state index contributed by atoms with van der Waals surface area (Å²) in [5, 5.41) is 0. The zero-order valence-corrected chi connectivity index (χ0v) is 14.3. The summed E-state index contributed by atoms with van der Waals surface area (Å²) in [5.41, 5.74) is 4.43. The third-order valence-electron chi connectivity index (χ3n) is 4.14. The number of alkyl halides is 3. The van der Waals surface area contributed by atoms with Crippen LogP contribution in [0.25, 0.3) is 0 Å². The third kappa shape index (κ3) is 5.81. The number of morpholine rings is 1. The van der Waals surface area contributed by atoms with E-state index in [9.17, 15) is 18.0 Å². The standard InChI is InChI=1S/C17H23F3N2O3/c1-16(2,25-15(21)23)8-7-14-11-22(9-10-24-14)13-5-3-12(4-6-13)17(18,19)20/h3-6,14H,7-11H2,1-2H3,(H2,21,23). The predicted molar refractivity (Wildman–Crippen MR) is 87.4 cm³/mol. The van der Waals surface area contributed by atoms with Gasteiger partial charge < -0.3 is 20.1 Å².